The Bertz CT molecular complexity index is 833. The molecule has 0 bridgehead atoms. The fourth-order valence-corrected chi connectivity index (χ4v) is 4.13. The molecular weight excluding hydrogens is 436 g/mol. The van der Waals surface area contributed by atoms with Gasteiger partial charge in [-0.05, 0) is 48.5 Å². The van der Waals surface area contributed by atoms with Crippen LogP contribution in [0.5, 0.6) is 11.5 Å². The van der Waals surface area contributed by atoms with Crippen LogP contribution < -0.4 is 19.3 Å². The summed E-state index contributed by atoms with van der Waals surface area (Å²) in [5.74, 6) is 1.55. The van der Waals surface area contributed by atoms with Crippen LogP contribution in [-0.2, 0) is 18.9 Å². The monoisotopic (exact) mass is 468 g/mol. The highest BCUT2D eigenvalue weighted by atomic mass is 16.7. The zero-order valence-electron chi connectivity index (χ0n) is 19.5. The van der Waals surface area contributed by atoms with E-state index in [4.69, 9.17) is 28.4 Å². The average molecular weight is 469 g/mol. The van der Waals surface area contributed by atoms with E-state index in [-0.39, 0.29) is 0 Å². The Balaban J connectivity index is 1.02. The highest BCUT2D eigenvalue weighted by Gasteiger charge is 2.32. The van der Waals surface area contributed by atoms with Crippen molar-refractivity contribution in [3.63, 3.8) is 0 Å². The second-order valence-electron chi connectivity index (χ2n) is 9.42. The maximum absolute atomic E-state index is 6.01. The Kier molecular flexibility index (Phi) is 6.22. The van der Waals surface area contributed by atoms with Crippen molar-refractivity contribution in [2.24, 2.45) is 0 Å². The molecule has 0 amide bonds. The first kappa shape index (κ1) is 22.0. The minimum absolute atomic E-state index is 0.339. The average Bonchev–Trinajstić information content (AvgIpc) is 3.67. The zero-order chi connectivity index (χ0) is 22.9. The summed E-state index contributed by atoms with van der Waals surface area (Å²) in [6.07, 6.45) is 0.941. The van der Waals surface area contributed by atoms with E-state index in [0.717, 1.165) is 75.5 Å². The van der Waals surface area contributed by atoms with E-state index in [1.807, 2.05) is 31.2 Å². The summed E-state index contributed by atoms with van der Waals surface area (Å²) in [6.45, 7) is 8.89. The number of ether oxygens (including phenoxy) is 6. The molecular formula is C26H32N2O6. The van der Waals surface area contributed by atoms with Crippen molar-refractivity contribution in [3.8, 4) is 11.5 Å². The largest absolute Gasteiger partial charge is 0.455 e. The number of hydrogen-bond acceptors (Lipinski definition) is 8. The van der Waals surface area contributed by atoms with Gasteiger partial charge in [0.05, 0.1) is 50.8 Å². The standard InChI is InChI=1S/C26H32N2O6/c1-18(33-21-6-2-19(3-7-21)27(10-23-14-29-23)11-24-15-30-24)34-22-8-4-20(5-9-22)28(12-25-16-31-25)13-26-17-32-26/h2-9,18,23-26H,10-17H2,1H3. The topological polar surface area (TPSA) is 75.1 Å². The molecule has 4 fully saturated rings. The van der Waals surface area contributed by atoms with Crippen LogP contribution in [-0.4, -0.2) is 83.3 Å². The number of epoxide rings is 4. The minimum atomic E-state index is -0.414. The molecule has 0 saturated carbocycles. The van der Waals surface area contributed by atoms with Gasteiger partial charge in [0.25, 0.3) is 0 Å². The van der Waals surface area contributed by atoms with E-state index in [2.05, 4.69) is 34.1 Å². The van der Waals surface area contributed by atoms with E-state index in [9.17, 15) is 0 Å². The lowest BCUT2D eigenvalue weighted by molar-refractivity contribution is 0.0223. The van der Waals surface area contributed by atoms with Crippen LogP contribution >= 0.6 is 0 Å². The number of nitrogens with zero attached hydrogens (tertiary/aromatic N) is 2. The summed E-state index contributed by atoms with van der Waals surface area (Å²) in [4.78, 5) is 4.66. The SMILES string of the molecule is CC(Oc1ccc(N(CC2CO2)CC2CO2)cc1)Oc1ccc(N(CC2CO2)CC2CO2)cc1. The molecule has 2 aromatic carbocycles. The van der Waals surface area contributed by atoms with Crippen molar-refractivity contribution in [1.29, 1.82) is 0 Å². The zero-order valence-corrected chi connectivity index (χ0v) is 19.5. The molecule has 6 rings (SSSR count). The van der Waals surface area contributed by atoms with Gasteiger partial charge in [0, 0.05) is 44.5 Å². The lowest BCUT2D eigenvalue weighted by atomic mass is 10.2. The number of anilines is 2. The van der Waals surface area contributed by atoms with Crippen LogP contribution in [0.4, 0.5) is 11.4 Å². The molecule has 0 spiro atoms. The van der Waals surface area contributed by atoms with Crippen LogP contribution in [0.15, 0.2) is 48.5 Å². The first-order valence-electron chi connectivity index (χ1n) is 12.2. The quantitative estimate of drug-likeness (QED) is 0.310. The summed E-state index contributed by atoms with van der Waals surface area (Å²) < 4.78 is 33.7. The Morgan fingerprint density at radius 2 is 0.912 bits per heavy atom. The highest BCUT2D eigenvalue weighted by molar-refractivity contribution is 5.51. The molecule has 4 aliphatic rings. The summed E-state index contributed by atoms with van der Waals surface area (Å²) in [6, 6.07) is 16.3. The number of rotatable bonds is 14. The molecule has 4 atom stereocenters. The van der Waals surface area contributed by atoms with E-state index in [1.54, 1.807) is 0 Å². The summed E-state index contributed by atoms with van der Waals surface area (Å²) in [7, 11) is 0. The van der Waals surface area contributed by atoms with Crippen LogP contribution in [0, 0.1) is 0 Å². The van der Waals surface area contributed by atoms with Gasteiger partial charge in [0.1, 0.15) is 11.5 Å². The third kappa shape index (κ3) is 6.33. The lowest BCUT2D eigenvalue weighted by Crippen LogP contribution is -2.31. The predicted molar refractivity (Wildman–Crippen MR) is 127 cm³/mol. The molecule has 4 heterocycles. The van der Waals surface area contributed by atoms with Gasteiger partial charge in [-0.1, -0.05) is 0 Å². The van der Waals surface area contributed by atoms with Gasteiger partial charge >= 0.3 is 0 Å². The molecule has 0 N–H and O–H groups in total. The van der Waals surface area contributed by atoms with Gasteiger partial charge < -0.3 is 38.2 Å². The third-order valence-corrected chi connectivity index (χ3v) is 6.31. The Hall–Kier alpha value is -2.52. The molecule has 34 heavy (non-hydrogen) atoms. The molecule has 2 aromatic rings. The summed E-state index contributed by atoms with van der Waals surface area (Å²) in [5, 5.41) is 0. The van der Waals surface area contributed by atoms with Crippen molar-refractivity contribution >= 4 is 11.4 Å². The molecule has 8 heteroatoms. The van der Waals surface area contributed by atoms with E-state index >= 15 is 0 Å². The Labute approximate surface area is 200 Å². The van der Waals surface area contributed by atoms with Crippen molar-refractivity contribution in [3.05, 3.63) is 48.5 Å². The molecule has 0 radical (unpaired) electrons. The van der Waals surface area contributed by atoms with Crippen molar-refractivity contribution in [1.82, 2.24) is 0 Å². The third-order valence-electron chi connectivity index (χ3n) is 6.31. The van der Waals surface area contributed by atoms with E-state index < -0.39 is 6.29 Å². The second kappa shape index (κ2) is 9.62. The predicted octanol–water partition coefficient (Wildman–Crippen LogP) is 2.70. The normalized spacial score (nSPS) is 27.0. The maximum Gasteiger partial charge on any atom is 0.238 e. The van der Waals surface area contributed by atoms with Crippen LogP contribution in [0.25, 0.3) is 0 Å². The maximum atomic E-state index is 6.01. The van der Waals surface area contributed by atoms with Crippen molar-refractivity contribution in [2.75, 3.05) is 62.4 Å². The smallest absolute Gasteiger partial charge is 0.238 e. The molecule has 4 unspecified atom stereocenters. The van der Waals surface area contributed by atoms with Crippen molar-refractivity contribution < 1.29 is 28.4 Å². The minimum Gasteiger partial charge on any atom is -0.455 e. The van der Waals surface area contributed by atoms with E-state index in [0.29, 0.717) is 24.4 Å². The molecule has 182 valence electrons. The molecule has 8 nitrogen and oxygen atoms in total. The van der Waals surface area contributed by atoms with Gasteiger partial charge in [-0.3, -0.25) is 0 Å². The van der Waals surface area contributed by atoms with Gasteiger partial charge in [0.15, 0.2) is 0 Å². The first-order chi connectivity index (χ1) is 16.7. The first-order valence-corrected chi connectivity index (χ1v) is 12.2. The summed E-state index contributed by atoms with van der Waals surface area (Å²) in [5.41, 5.74) is 2.31. The van der Waals surface area contributed by atoms with Crippen LogP contribution in [0.3, 0.4) is 0 Å². The van der Waals surface area contributed by atoms with Crippen LogP contribution in [0.2, 0.25) is 0 Å². The Morgan fingerprint density at radius 1 is 0.618 bits per heavy atom. The van der Waals surface area contributed by atoms with Gasteiger partial charge in [0.2, 0.25) is 6.29 Å². The summed E-state index contributed by atoms with van der Waals surface area (Å²) >= 11 is 0. The van der Waals surface area contributed by atoms with Gasteiger partial charge in [-0.25, -0.2) is 0 Å². The number of hydrogen-bond donors (Lipinski definition) is 0. The fourth-order valence-electron chi connectivity index (χ4n) is 4.13. The molecule has 4 saturated heterocycles. The molecule has 0 aromatic heterocycles. The molecule has 0 aliphatic carbocycles. The lowest BCUT2D eigenvalue weighted by Gasteiger charge is -2.24. The second-order valence-corrected chi connectivity index (χ2v) is 9.42. The van der Waals surface area contributed by atoms with Crippen molar-refractivity contribution in [2.45, 2.75) is 37.6 Å². The number of benzene rings is 2. The molecule has 4 aliphatic heterocycles. The van der Waals surface area contributed by atoms with Gasteiger partial charge in [-0.2, -0.15) is 0 Å². The van der Waals surface area contributed by atoms with Gasteiger partial charge in [-0.15, -0.1) is 0 Å². The van der Waals surface area contributed by atoms with E-state index in [1.165, 1.54) is 0 Å². The Morgan fingerprint density at radius 3 is 1.18 bits per heavy atom. The van der Waals surface area contributed by atoms with Crippen LogP contribution in [0.1, 0.15) is 6.92 Å². The highest BCUT2D eigenvalue weighted by Crippen LogP contribution is 2.27. The fraction of sp³-hybridized carbons (Fsp3) is 0.538.